The molecule has 1 aromatic heterocycles. The number of rotatable bonds is 4. The first-order valence-corrected chi connectivity index (χ1v) is 8.98. The highest BCUT2D eigenvalue weighted by atomic mass is 16.7. The molecule has 1 N–H and O–H groups in total. The summed E-state index contributed by atoms with van der Waals surface area (Å²) in [7, 11) is 1.93. The van der Waals surface area contributed by atoms with Crippen LogP contribution in [0.4, 0.5) is 5.69 Å². The fourth-order valence-corrected chi connectivity index (χ4v) is 3.71. The summed E-state index contributed by atoms with van der Waals surface area (Å²) in [5, 5.41) is 15.5. The maximum Gasteiger partial charge on any atom is 0.231 e. The first-order valence-electron chi connectivity index (χ1n) is 8.98. The van der Waals surface area contributed by atoms with Crippen molar-refractivity contribution >= 4 is 5.69 Å². The molecule has 0 bridgehead atoms. The zero-order valence-corrected chi connectivity index (χ0v) is 15.0. The van der Waals surface area contributed by atoms with E-state index >= 15 is 0 Å². The molecule has 0 amide bonds. The maximum atomic E-state index is 5.57. The third kappa shape index (κ3) is 2.87. The van der Waals surface area contributed by atoms with E-state index in [-0.39, 0.29) is 12.8 Å². The molecule has 2 aliphatic rings. The molecule has 1 atom stereocenters. The van der Waals surface area contributed by atoms with E-state index in [1.54, 1.807) is 0 Å². The predicted molar refractivity (Wildman–Crippen MR) is 98.6 cm³/mol. The lowest BCUT2D eigenvalue weighted by Gasteiger charge is -2.35. The van der Waals surface area contributed by atoms with E-state index in [0.717, 1.165) is 48.2 Å². The SMILES string of the molecule is CNc1ccc(CN2CCn3nnnc3C2c2ccc3c(c2)OCO3)cc1. The van der Waals surface area contributed by atoms with E-state index in [9.17, 15) is 0 Å². The summed E-state index contributed by atoms with van der Waals surface area (Å²) in [4.78, 5) is 2.40. The Balaban J connectivity index is 1.50. The Morgan fingerprint density at radius 3 is 2.78 bits per heavy atom. The first-order chi connectivity index (χ1) is 13.3. The van der Waals surface area contributed by atoms with Crippen LogP contribution in [0.1, 0.15) is 23.0 Å². The molecule has 138 valence electrons. The second-order valence-corrected chi connectivity index (χ2v) is 6.69. The van der Waals surface area contributed by atoms with Gasteiger partial charge in [0.25, 0.3) is 0 Å². The molecule has 0 aliphatic carbocycles. The number of hydrogen-bond acceptors (Lipinski definition) is 7. The lowest BCUT2D eigenvalue weighted by molar-refractivity contribution is 0.163. The molecular weight excluding hydrogens is 344 g/mol. The number of aromatic nitrogens is 4. The number of tetrazole rings is 1. The summed E-state index contributed by atoms with van der Waals surface area (Å²) in [5.74, 6) is 2.41. The van der Waals surface area contributed by atoms with E-state index in [1.165, 1.54) is 5.56 Å². The van der Waals surface area contributed by atoms with Crippen LogP contribution in [0.15, 0.2) is 42.5 Å². The molecule has 0 saturated heterocycles. The van der Waals surface area contributed by atoms with Crippen LogP contribution in [0, 0.1) is 0 Å². The predicted octanol–water partition coefficient (Wildman–Crippen LogP) is 2.05. The first kappa shape index (κ1) is 16.1. The molecule has 2 aliphatic heterocycles. The molecule has 3 heterocycles. The molecule has 8 heteroatoms. The Kier molecular flexibility index (Phi) is 3.90. The van der Waals surface area contributed by atoms with Crippen molar-refractivity contribution in [3.8, 4) is 11.5 Å². The van der Waals surface area contributed by atoms with Crippen LogP contribution in [0.5, 0.6) is 11.5 Å². The van der Waals surface area contributed by atoms with Crippen molar-refractivity contribution in [2.75, 3.05) is 25.7 Å². The highest BCUT2D eigenvalue weighted by Gasteiger charge is 2.32. The van der Waals surface area contributed by atoms with Crippen molar-refractivity contribution in [3.05, 3.63) is 59.4 Å². The van der Waals surface area contributed by atoms with Gasteiger partial charge in [0.15, 0.2) is 17.3 Å². The molecule has 0 spiro atoms. The largest absolute Gasteiger partial charge is 0.454 e. The molecule has 0 saturated carbocycles. The van der Waals surface area contributed by atoms with Crippen LogP contribution in [0.3, 0.4) is 0 Å². The molecule has 8 nitrogen and oxygen atoms in total. The van der Waals surface area contributed by atoms with Crippen molar-refractivity contribution < 1.29 is 9.47 Å². The fraction of sp³-hybridized carbons (Fsp3) is 0.316. The molecular formula is C19H20N6O2. The molecule has 0 fully saturated rings. The van der Waals surface area contributed by atoms with Crippen LogP contribution >= 0.6 is 0 Å². The van der Waals surface area contributed by atoms with Gasteiger partial charge in [0.05, 0.1) is 12.6 Å². The van der Waals surface area contributed by atoms with Gasteiger partial charge < -0.3 is 14.8 Å². The van der Waals surface area contributed by atoms with E-state index in [4.69, 9.17) is 9.47 Å². The topological polar surface area (TPSA) is 77.3 Å². The summed E-state index contributed by atoms with van der Waals surface area (Å²) in [6.45, 7) is 2.72. The van der Waals surface area contributed by atoms with Gasteiger partial charge in [-0.15, -0.1) is 5.10 Å². The Hall–Kier alpha value is -3.13. The smallest absolute Gasteiger partial charge is 0.231 e. The number of nitrogens with zero attached hydrogens (tertiary/aromatic N) is 5. The van der Waals surface area contributed by atoms with E-state index in [2.05, 4.69) is 56.1 Å². The number of fused-ring (bicyclic) bond motifs is 2. The zero-order valence-electron chi connectivity index (χ0n) is 15.0. The van der Waals surface area contributed by atoms with Gasteiger partial charge in [-0.25, -0.2) is 4.68 Å². The third-order valence-corrected chi connectivity index (χ3v) is 5.11. The molecule has 3 aromatic rings. The second kappa shape index (κ2) is 6.55. The van der Waals surface area contributed by atoms with Gasteiger partial charge in [-0.05, 0) is 45.8 Å². The van der Waals surface area contributed by atoms with Crippen molar-refractivity contribution in [2.45, 2.75) is 19.1 Å². The molecule has 2 aromatic carbocycles. The molecule has 0 radical (unpaired) electrons. The van der Waals surface area contributed by atoms with Gasteiger partial charge in [-0.2, -0.15) is 0 Å². The number of anilines is 1. The van der Waals surface area contributed by atoms with E-state index in [0.29, 0.717) is 0 Å². The Morgan fingerprint density at radius 2 is 1.93 bits per heavy atom. The lowest BCUT2D eigenvalue weighted by atomic mass is 10.0. The van der Waals surface area contributed by atoms with Crippen LogP contribution in [0.25, 0.3) is 0 Å². The molecule has 27 heavy (non-hydrogen) atoms. The number of benzene rings is 2. The van der Waals surface area contributed by atoms with Gasteiger partial charge in [-0.3, -0.25) is 4.90 Å². The highest BCUT2D eigenvalue weighted by Crippen LogP contribution is 2.38. The van der Waals surface area contributed by atoms with E-state index in [1.807, 2.05) is 23.9 Å². The van der Waals surface area contributed by atoms with Gasteiger partial charge >= 0.3 is 0 Å². The fourth-order valence-electron chi connectivity index (χ4n) is 3.71. The normalized spacial score (nSPS) is 18.3. The average Bonchev–Trinajstić information content (AvgIpc) is 3.37. The number of nitrogens with one attached hydrogen (secondary N) is 1. The quantitative estimate of drug-likeness (QED) is 0.759. The standard InChI is InChI=1S/C19H20N6O2/c1-20-15-5-2-13(3-6-15)11-24-8-9-25-19(21-22-23-25)18(24)14-4-7-16-17(10-14)27-12-26-16/h2-7,10,18,20H,8-9,11-12H2,1H3. The maximum absolute atomic E-state index is 5.57. The lowest BCUT2D eigenvalue weighted by Crippen LogP contribution is -2.38. The second-order valence-electron chi connectivity index (χ2n) is 6.69. The highest BCUT2D eigenvalue weighted by molar-refractivity contribution is 5.47. The van der Waals surface area contributed by atoms with Gasteiger partial charge in [0, 0.05) is 25.8 Å². The van der Waals surface area contributed by atoms with E-state index < -0.39 is 0 Å². The van der Waals surface area contributed by atoms with Crippen LogP contribution in [-0.2, 0) is 13.1 Å². The number of hydrogen-bond donors (Lipinski definition) is 1. The minimum atomic E-state index is -0.0350. The average molecular weight is 364 g/mol. The van der Waals surface area contributed by atoms with Crippen LogP contribution in [0.2, 0.25) is 0 Å². The summed E-state index contributed by atoms with van der Waals surface area (Å²) >= 11 is 0. The zero-order chi connectivity index (χ0) is 18.2. The van der Waals surface area contributed by atoms with Crippen LogP contribution < -0.4 is 14.8 Å². The van der Waals surface area contributed by atoms with Gasteiger partial charge in [0.2, 0.25) is 6.79 Å². The Bertz CT molecular complexity index is 955. The van der Waals surface area contributed by atoms with Crippen molar-refractivity contribution in [1.82, 2.24) is 25.1 Å². The summed E-state index contributed by atoms with van der Waals surface area (Å²) in [6, 6.07) is 14.5. The Labute approximate surface area is 156 Å². The van der Waals surface area contributed by atoms with Gasteiger partial charge in [0.1, 0.15) is 0 Å². The summed E-state index contributed by atoms with van der Waals surface area (Å²) < 4.78 is 12.9. The van der Waals surface area contributed by atoms with Gasteiger partial charge in [-0.1, -0.05) is 18.2 Å². The monoisotopic (exact) mass is 364 g/mol. The minimum absolute atomic E-state index is 0.0350. The Morgan fingerprint density at radius 1 is 1.07 bits per heavy atom. The third-order valence-electron chi connectivity index (χ3n) is 5.11. The summed E-state index contributed by atoms with van der Waals surface area (Å²) in [5.41, 5.74) is 3.45. The molecule has 1 unspecified atom stereocenters. The van der Waals surface area contributed by atoms with Crippen molar-refractivity contribution in [1.29, 1.82) is 0 Å². The number of ether oxygens (including phenoxy) is 2. The summed E-state index contributed by atoms with van der Waals surface area (Å²) in [6.07, 6.45) is 0. The van der Waals surface area contributed by atoms with Crippen molar-refractivity contribution in [3.63, 3.8) is 0 Å². The van der Waals surface area contributed by atoms with Crippen LogP contribution in [-0.4, -0.2) is 45.5 Å². The minimum Gasteiger partial charge on any atom is -0.454 e. The molecule has 5 rings (SSSR count). The van der Waals surface area contributed by atoms with Crippen molar-refractivity contribution in [2.24, 2.45) is 0 Å².